The Balaban J connectivity index is 1.84. The Bertz CT molecular complexity index is 473. The number of anilines is 1. The number of halogens is 1. The summed E-state index contributed by atoms with van der Waals surface area (Å²) in [5.41, 5.74) is 0.786. The molecule has 1 aromatic rings. The zero-order valence-electron chi connectivity index (χ0n) is 10.9. The van der Waals surface area contributed by atoms with Crippen LogP contribution >= 0.6 is 15.9 Å². The monoisotopic (exact) mass is 324 g/mol. The van der Waals surface area contributed by atoms with Gasteiger partial charge in [-0.2, -0.15) is 0 Å². The van der Waals surface area contributed by atoms with E-state index in [1.165, 1.54) is 0 Å². The van der Waals surface area contributed by atoms with Crippen LogP contribution in [0.25, 0.3) is 0 Å². The lowest BCUT2D eigenvalue weighted by Gasteiger charge is -2.29. The molecule has 1 aliphatic heterocycles. The second-order valence-corrected chi connectivity index (χ2v) is 5.82. The lowest BCUT2D eigenvalue weighted by molar-refractivity contribution is -0.127. The third-order valence-electron chi connectivity index (χ3n) is 3.25. The number of Topliss-reactive ketones (excluding diaryl/α,β-unsaturated/α-hetero) is 1. The Morgan fingerprint density at radius 1 is 1.42 bits per heavy atom. The molecule has 0 aromatic heterocycles. The molecule has 4 nitrogen and oxygen atoms in total. The SMILES string of the molecule is CC1CN(CC(=O)Nc2ccc(Br)cc2)CCC1=O. The number of piperidine rings is 1. The molecule has 1 heterocycles. The van der Waals surface area contributed by atoms with Crippen molar-refractivity contribution < 1.29 is 9.59 Å². The zero-order valence-corrected chi connectivity index (χ0v) is 12.4. The molecule has 0 radical (unpaired) electrons. The van der Waals surface area contributed by atoms with Crippen LogP contribution in [0.15, 0.2) is 28.7 Å². The molecule has 1 fully saturated rings. The van der Waals surface area contributed by atoms with Crippen LogP contribution in [0.4, 0.5) is 5.69 Å². The van der Waals surface area contributed by atoms with Crippen molar-refractivity contribution in [3.63, 3.8) is 0 Å². The highest BCUT2D eigenvalue weighted by Crippen LogP contribution is 2.15. The molecular formula is C14H17BrN2O2. The van der Waals surface area contributed by atoms with Gasteiger partial charge in [-0.05, 0) is 24.3 Å². The van der Waals surface area contributed by atoms with Gasteiger partial charge in [0.2, 0.25) is 5.91 Å². The van der Waals surface area contributed by atoms with Gasteiger partial charge in [0.05, 0.1) is 6.54 Å². The zero-order chi connectivity index (χ0) is 13.8. The van der Waals surface area contributed by atoms with Crippen molar-refractivity contribution in [2.45, 2.75) is 13.3 Å². The van der Waals surface area contributed by atoms with Crippen LogP contribution in [0.2, 0.25) is 0 Å². The summed E-state index contributed by atoms with van der Waals surface area (Å²) < 4.78 is 0.980. The molecule has 1 unspecified atom stereocenters. The second kappa shape index (κ2) is 6.30. The summed E-state index contributed by atoms with van der Waals surface area (Å²) in [6.07, 6.45) is 0.548. The molecule has 0 bridgehead atoms. The minimum atomic E-state index is -0.0381. The van der Waals surface area contributed by atoms with Crippen molar-refractivity contribution in [3.05, 3.63) is 28.7 Å². The molecule has 102 valence electrons. The molecule has 1 aliphatic rings. The van der Waals surface area contributed by atoms with Crippen LogP contribution in [-0.2, 0) is 9.59 Å². The maximum atomic E-state index is 11.9. The molecule has 2 rings (SSSR count). The van der Waals surface area contributed by atoms with Crippen LogP contribution in [-0.4, -0.2) is 36.2 Å². The molecule has 5 heteroatoms. The van der Waals surface area contributed by atoms with Gasteiger partial charge in [0.25, 0.3) is 0 Å². The Kier molecular flexibility index (Phi) is 4.71. The summed E-state index contributed by atoms with van der Waals surface area (Å²) in [6, 6.07) is 7.48. The molecule has 0 spiro atoms. The van der Waals surface area contributed by atoms with Gasteiger partial charge in [0, 0.05) is 35.6 Å². The first-order chi connectivity index (χ1) is 9.04. The number of carbonyl (C=O) groups is 2. The maximum absolute atomic E-state index is 11.9. The number of benzene rings is 1. The first kappa shape index (κ1) is 14.2. The minimum Gasteiger partial charge on any atom is -0.325 e. The topological polar surface area (TPSA) is 49.4 Å². The first-order valence-corrected chi connectivity index (χ1v) is 7.14. The van der Waals surface area contributed by atoms with E-state index in [1.807, 2.05) is 36.1 Å². The van der Waals surface area contributed by atoms with E-state index in [0.29, 0.717) is 31.8 Å². The van der Waals surface area contributed by atoms with Gasteiger partial charge in [-0.15, -0.1) is 0 Å². The maximum Gasteiger partial charge on any atom is 0.238 e. The lowest BCUT2D eigenvalue weighted by atomic mass is 9.99. The van der Waals surface area contributed by atoms with E-state index in [4.69, 9.17) is 0 Å². The van der Waals surface area contributed by atoms with Gasteiger partial charge in [-0.25, -0.2) is 0 Å². The third kappa shape index (κ3) is 4.14. The molecule has 1 amide bonds. The van der Waals surface area contributed by atoms with Gasteiger partial charge in [-0.1, -0.05) is 22.9 Å². The van der Waals surface area contributed by atoms with Crippen LogP contribution < -0.4 is 5.32 Å². The Morgan fingerprint density at radius 2 is 2.11 bits per heavy atom. The number of nitrogens with zero attached hydrogens (tertiary/aromatic N) is 1. The first-order valence-electron chi connectivity index (χ1n) is 6.35. The van der Waals surface area contributed by atoms with E-state index < -0.39 is 0 Å². The van der Waals surface area contributed by atoms with Crippen LogP contribution in [0.1, 0.15) is 13.3 Å². The number of ketones is 1. The van der Waals surface area contributed by atoms with Crippen molar-refractivity contribution in [1.29, 1.82) is 0 Å². The molecule has 0 aliphatic carbocycles. The summed E-state index contributed by atoms with van der Waals surface area (Å²) in [7, 11) is 0. The van der Waals surface area contributed by atoms with Crippen molar-refractivity contribution >= 4 is 33.3 Å². The Hall–Kier alpha value is -1.20. The summed E-state index contributed by atoms with van der Waals surface area (Å²) in [5.74, 6) is 0.294. The van der Waals surface area contributed by atoms with Crippen molar-refractivity contribution in [1.82, 2.24) is 4.90 Å². The third-order valence-corrected chi connectivity index (χ3v) is 3.78. The summed E-state index contributed by atoms with van der Waals surface area (Å²) >= 11 is 3.35. The number of carbonyl (C=O) groups excluding carboxylic acids is 2. The number of likely N-dealkylation sites (tertiary alicyclic amines) is 1. The second-order valence-electron chi connectivity index (χ2n) is 4.91. The minimum absolute atomic E-state index is 0.0363. The van der Waals surface area contributed by atoms with E-state index >= 15 is 0 Å². The molecule has 1 N–H and O–H groups in total. The van der Waals surface area contributed by atoms with Gasteiger partial charge in [0.1, 0.15) is 5.78 Å². The highest BCUT2D eigenvalue weighted by Gasteiger charge is 2.24. The number of hydrogen-bond donors (Lipinski definition) is 1. The van der Waals surface area contributed by atoms with Crippen LogP contribution in [0, 0.1) is 5.92 Å². The van der Waals surface area contributed by atoms with Crippen molar-refractivity contribution in [3.8, 4) is 0 Å². The van der Waals surface area contributed by atoms with Gasteiger partial charge in [-0.3, -0.25) is 14.5 Å². The normalized spacial score (nSPS) is 20.3. The number of amides is 1. The summed E-state index contributed by atoms with van der Waals surface area (Å²) in [4.78, 5) is 25.3. The average molecular weight is 325 g/mol. The number of hydrogen-bond acceptors (Lipinski definition) is 3. The predicted molar refractivity (Wildman–Crippen MR) is 78.0 cm³/mol. The standard InChI is InChI=1S/C14H17BrN2O2/c1-10-8-17(7-6-13(10)18)9-14(19)16-12-4-2-11(15)3-5-12/h2-5,10H,6-9H2,1H3,(H,16,19). The summed E-state index contributed by atoms with van der Waals surface area (Å²) in [6.45, 7) is 3.61. The smallest absolute Gasteiger partial charge is 0.238 e. The van der Waals surface area contributed by atoms with Crippen molar-refractivity contribution in [2.75, 3.05) is 25.0 Å². The fourth-order valence-corrected chi connectivity index (χ4v) is 2.44. The molecule has 0 saturated carbocycles. The molecule has 19 heavy (non-hydrogen) atoms. The number of nitrogens with one attached hydrogen (secondary N) is 1. The Morgan fingerprint density at radius 3 is 2.74 bits per heavy atom. The van der Waals surface area contributed by atoms with Gasteiger partial charge >= 0.3 is 0 Å². The highest BCUT2D eigenvalue weighted by molar-refractivity contribution is 9.10. The van der Waals surface area contributed by atoms with E-state index in [9.17, 15) is 9.59 Å². The highest BCUT2D eigenvalue weighted by atomic mass is 79.9. The predicted octanol–water partition coefficient (Wildman–Crippen LogP) is 2.30. The van der Waals surface area contributed by atoms with Gasteiger partial charge < -0.3 is 5.32 Å². The van der Waals surface area contributed by atoms with Crippen LogP contribution in [0.3, 0.4) is 0 Å². The Labute approximate surface area is 121 Å². The molecule has 1 saturated heterocycles. The fraction of sp³-hybridized carbons (Fsp3) is 0.429. The van der Waals surface area contributed by atoms with Crippen LogP contribution in [0.5, 0.6) is 0 Å². The lowest BCUT2D eigenvalue weighted by Crippen LogP contribution is -2.43. The average Bonchev–Trinajstić information content (AvgIpc) is 2.37. The molecule has 1 aromatic carbocycles. The largest absolute Gasteiger partial charge is 0.325 e. The fourth-order valence-electron chi connectivity index (χ4n) is 2.18. The van der Waals surface area contributed by atoms with Gasteiger partial charge in [0.15, 0.2) is 0 Å². The molecular weight excluding hydrogens is 308 g/mol. The summed E-state index contributed by atoms with van der Waals surface area (Å²) in [5, 5.41) is 2.86. The molecule has 1 atom stereocenters. The van der Waals surface area contributed by atoms with E-state index in [0.717, 1.165) is 10.2 Å². The van der Waals surface area contributed by atoms with Crippen molar-refractivity contribution in [2.24, 2.45) is 5.92 Å². The quantitative estimate of drug-likeness (QED) is 0.928. The number of rotatable bonds is 3. The van der Waals surface area contributed by atoms with E-state index in [-0.39, 0.29) is 11.8 Å². The van der Waals surface area contributed by atoms with E-state index in [1.54, 1.807) is 0 Å². The van der Waals surface area contributed by atoms with E-state index in [2.05, 4.69) is 21.2 Å².